The third-order valence-corrected chi connectivity index (χ3v) is 7.21. The lowest BCUT2D eigenvalue weighted by molar-refractivity contribution is -0.114. The SMILES string of the molecule is CCC(C)NC(=O)c1ccccc1NC(=O)CNc1ccccc1S(=O)(=O)c1ccc(C)cc1. The molecule has 3 rings (SSSR count). The monoisotopic (exact) mass is 479 g/mol. The second-order valence-corrected chi connectivity index (χ2v) is 9.96. The van der Waals surface area contributed by atoms with E-state index in [0.29, 0.717) is 16.9 Å². The van der Waals surface area contributed by atoms with Crippen LogP contribution in [0.15, 0.2) is 82.6 Å². The first-order valence-corrected chi connectivity index (χ1v) is 12.5. The maximum atomic E-state index is 13.1. The van der Waals surface area contributed by atoms with Crippen molar-refractivity contribution in [3.8, 4) is 0 Å². The Labute approximate surface area is 200 Å². The number of hydrogen-bond donors (Lipinski definition) is 3. The highest BCUT2D eigenvalue weighted by Crippen LogP contribution is 2.27. The minimum absolute atomic E-state index is 0.00454. The number of rotatable bonds is 9. The quantitative estimate of drug-likeness (QED) is 0.422. The van der Waals surface area contributed by atoms with Gasteiger partial charge >= 0.3 is 0 Å². The molecule has 0 aliphatic heterocycles. The molecule has 0 spiro atoms. The summed E-state index contributed by atoms with van der Waals surface area (Å²) in [5.41, 5.74) is 2.02. The van der Waals surface area contributed by atoms with Crippen molar-refractivity contribution in [3.63, 3.8) is 0 Å². The van der Waals surface area contributed by atoms with Crippen LogP contribution in [-0.2, 0) is 14.6 Å². The minimum Gasteiger partial charge on any atom is -0.375 e. The number of aryl methyl sites for hydroxylation is 1. The van der Waals surface area contributed by atoms with Gasteiger partial charge in [-0.15, -0.1) is 0 Å². The molecule has 34 heavy (non-hydrogen) atoms. The van der Waals surface area contributed by atoms with E-state index in [9.17, 15) is 18.0 Å². The van der Waals surface area contributed by atoms with E-state index in [1.165, 1.54) is 6.07 Å². The fraction of sp³-hybridized carbons (Fsp3) is 0.231. The average molecular weight is 480 g/mol. The Balaban J connectivity index is 1.74. The molecule has 0 aromatic heterocycles. The van der Waals surface area contributed by atoms with E-state index in [4.69, 9.17) is 0 Å². The summed E-state index contributed by atoms with van der Waals surface area (Å²) in [4.78, 5) is 25.5. The molecule has 0 fully saturated rings. The molecule has 8 heteroatoms. The number of amides is 2. The lowest BCUT2D eigenvalue weighted by Gasteiger charge is -2.15. The molecule has 0 aliphatic carbocycles. The number of sulfone groups is 1. The topological polar surface area (TPSA) is 104 Å². The van der Waals surface area contributed by atoms with Crippen LogP contribution in [0.3, 0.4) is 0 Å². The number of anilines is 2. The Morgan fingerprint density at radius 3 is 2.18 bits per heavy atom. The van der Waals surface area contributed by atoms with Crippen LogP contribution in [0.4, 0.5) is 11.4 Å². The fourth-order valence-corrected chi connectivity index (χ4v) is 4.69. The van der Waals surface area contributed by atoms with Gasteiger partial charge in [0.1, 0.15) is 0 Å². The van der Waals surface area contributed by atoms with Gasteiger partial charge in [-0.3, -0.25) is 9.59 Å². The zero-order chi connectivity index (χ0) is 24.7. The van der Waals surface area contributed by atoms with E-state index in [1.807, 2.05) is 20.8 Å². The van der Waals surface area contributed by atoms with Gasteiger partial charge in [0.2, 0.25) is 15.7 Å². The highest BCUT2D eigenvalue weighted by atomic mass is 32.2. The van der Waals surface area contributed by atoms with Crippen LogP contribution in [-0.4, -0.2) is 32.8 Å². The van der Waals surface area contributed by atoms with Crippen LogP contribution in [0.5, 0.6) is 0 Å². The number of hydrogen-bond acceptors (Lipinski definition) is 5. The van der Waals surface area contributed by atoms with Gasteiger partial charge in [0.25, 0.3) is 5.91 Å². The lowest BCUT2D eigenvalue weighted by atomic mass is 10.1. The Kier molecular flexibility index (Phi) is 8.07. The van der Waals surface area contributed by atoms with E-state index in [1.54, 1.807) is 66.7 Å². The normalized spacial score (nSPS) is 12.0. The van der Waals surface area contributed by atoms with E-state index in [0.717, 1.165) is 12.0 Å². The van der Waals surface area contributed by atoms with Crippen LogP contribution in [0.1, 0.15) is 36.2 Å². The summed E-state index contributed by atoms with van der Waals surface area (Å²) in [5.74, 6) is -0.681. The number of carbonyl (C=O) groups excluding carboxylic acids is 2. The molecule has 0 saturated heterocycles. The maximum absolute atomic E-state index is 13.1. The molecule has 3 aromatic carbocycles. The zero-order valence-electron chi connectivity index (χ0n) is 19.5. The first kappa shape index (κ1) is 25.0. The standard InChI is InChI=1S/C26H29N3O4S/c1-4-19(3)28-26(31)21-9-5-6-10-22(21)29-25(30)17-27-23-11-7-8-12-24(23)34(32,33)20-15-13-18(2)14-16-20/h5-16,19,27H,4,17H2,1-3H3,(H,28,31)(H,29,30). The van der Waals surface area contributed by atoms with Crippen LogP contribution in [0, 0.1) is 6.92 Å². The Bertz CT molecular complexity index is 1270. The molecule has 3 N–H and O–H groups in total. The largest absolute Gasteiger partial charge is 0.375 e. The lowest BCUT2D eigenvalue weighted by Crippen LogP contribution is -2.33. The first-order chi connectivity index (χ1) is 16.2. The van der Waals surface area contributed by atoms with Crippen LogP contribution < -0.4 is 16.0 Å². The van der Waals surface area contributed by atoms with Gasteiger partial charge in [-0.05, 0) is 56.7 Å². The van der Waals surface area contributed by atoms with Gasteiger partial charge in [-0.1, -0.05) is 48.9 Å². The molecule has 0 aliphatic rings. The van der Waals surface area contributed by atoms with Gasteiger partial charge in [0, 0.05) is 6.04 Å². The van der Waals surface area contributed by atoms with Crippen molar-refractivity contribution in [2.45, 2.75) is 43.0 Å². The molecule has 2 amide bonds. The van der Waals surface area contributed by atoms with E-state index < -0.39 is 15.7 Å². The highest BCUT2D eigenvalue weighted by Gasteiger charge is 2.21. The predicted octanol–water partition coefficient (Wildman–Crippen LogP) is 4.41. The van der Waals surface area contributed by atoms with Crippen molar-refractivity contribution in [1.29, 1.82) is 0 Å². The van der Waals surface area contributed by atoms with Crippen molar-refractivity contribution >= 4 is 33.0 Å². The van der Waals surface area contributed by atoms with E-state index in [-0.39, 0.29) is 28.3 Å². The Morgan fingerprint density at radius 2 is 1.50 bits per heavy atom. The van der Waals surface area contributed by atoms with Gasteiger partial charge in [0.05, 0.1) is 33.3 Å². The molecule has 3 aromatic rings. The summed E-state index contributed by atoms with van der Waals surface area (Å²) in [6, 6.07) is 19.8. The molecule has 0 radical (unpaired) electrons. The maximum Gasteiger partial charge on any atom is 0.253 e. The van der Waals surface area contributed by atoms with Crippen molar-refractivity contribution in [2.75, 3.05) is 17.2 Å². The molecule has 0 heterocycles. The predicted molar refractivity (Wildman–Crippen MR) is 134 cm³/mol. The fourth-order valence-electron chi connectivity index (χ4n) is 3.26. The van der Waals surface area contributed by atoms with Gasteiger partial charge in [-0.2, -0.15) is 0 Å². The molecule has 0 bridgehead atoms. The smallest absolute Gasteiger partial charge is 0.253 e. The van der Waals surface area contributed by atoms with E-state index in [2.05, 4.69) is 16.0 Å². The summed E-state index contributed by atoms with van der Waals surface area (Å²) < 4.78 is 26.3. The van der Waals surface area contributed by atoms with Gasteiger partial charge in [0.15, 0.2) is 0 Å². The number of benzene rings is 3. The molecular formula is C26H29N3O4S. The van der Waals surface area contributed by atoms with Crippen molar-refractivity contribution in [3.05, 3.63) is 83.9 Å². The summed E-state index contributed by atoms with van der Waals surface area (Å²) in [6.07, 6.45) is 0.787. The first-order valence-electron chi connectivity index (χ1n) is 11.1. The van der Waals surface area contributed by atoms with Crippen molar-refractivity contribution in [1.82, 2.24) is 5.32 Å². The second-order valence-electron chi connectivity index (χ2n) is 8.04. The third-order valence-electron chi connectivity index (χ3n) is 5.38. The number of nitrogens with one attached hydrogen (secondary N) is 3. The molecule has 178 valence electrons. The number of carbonyl (C=O) groups is 2. The van der Waals surface area contributed by atoms with Crippen molar-refractivity contribution in [2.24, 2.45) is 0 Å². The van der Waals surface area contributed by atoms with Crippen LogP contribution in [0.2, 0.25) is 0 Å². The van der Waals surface area contributed by atoms with Gasteiger partial charge in [-0.25, -0.2) is 8.42 Å². The summed E-state index contributed by atoms with van der Waals surface area (Å²) in [5, 5.41) is 8.54. The van der Waals surface area contributed by atoms with Crippen molar-refractivity contribution < 1.29 is 18.0 Å². The summed E-state index contributed by atoms with van der Waals surface area (Å²) in [6.45, 7) is 5.59. The highest BCUT2D eigenvalue weighted by molar-refractivity contribution is 7.91. The molecular weight excluding hydrogens is 450 g/mol. The van der Waals surface area contributed by atoms with Crippen LogP contribution >= 0.6 is 0 Å². The second kappa shape index (κ2) is 11.0. The minimum atomic E-state index is -3.77. The van der Waals surface area contributed by atoms with Crippen LogP contribution in [0.25, 0.3) is 0 Å². The molecule has 1 atom stereocenters. The molecule has 1 unspecified atom stereocenters. The van der Waals surface area contributed by atoms with Gasteiger partial charge < -0.3 is 16.0 Å². The Morgan fingerprint density at radius 1 is 0.882 bits per heavy atom. The zero-order valence-corrected chi connectivity index (χ0v) is 20.3. The molecule has 0 saturated carbocycles. The Hall–Kier alpha value is -3.65. The summed E-state index contributed by atoms with van der Waals surface area (Å²) in [7, 11) is -3.77. The summed E-state index contributed by atoms with van der Waals surface area (Å²) >= 11 is 0. The van der Waals surface area contributed by atoms with E-state index >= 15 is 0 Å². The average Bonchev–Trinajstić information content (AvgIpc) is 2.83. The number of para-hydroxylation sites is 2. The molecule has 7 nitrogen and oxygen atoms in total. The third kappa shape index (κ3) is 6.02.